The lowest BCUT2D eigenvalue weighted by molar-refractivity contribution is 0.0955. The topological polar surface area (TPSA) is 100 Å². The number of ether oxygens (including phenoxy) is 1. The quantitative estimate of drug-likeness (QED) is 0.344. The zero-order valence-corrected chi connectivity index (χ0v) is 20.6. The highest BCUT2D eigenvalue weighted by Crippen LogP contribution is 2.25. The molecule has 8 nitrogen and oxygen atoms in total. The molecule has 0 spiro atoms. The van der Waals surface area contributed by atoms with Crippen LogP contribution in [0.4, 0.5) is 10.7 Å². The predicted octanol–water partition coefficient (Wildman–Crippen LogP) is 3.91. The van der Waals surface area contributed by atoms with Crippen LogP contribution in [0.15, 0.2) is 75.1 Å². The van der Waals surface area contributed by atoms with Crippen LogP contribution < -0.4 is 15.0 Å². The molecule has 0 atom stereocenters. The van der Waals surface area contributed by atoms with Crippen molar-refractivity contribution in [1.29, 1.82) is 0 Å². The number of hydrazone groups is 1. The number of carbonyl (C=O) groups is 1. The van der Waals surface area contributed by atoms with Gasteiger partial charge in [-0.05, 0) is 60.7 Å². The summed E-state index contributed by atoms with van der Waals surface area (Å²) in [6.07, 6.45) is 1.60. The summed E-state index contributed by atoms with van der Waals surface area (Å²) >= 11 is 4.88. The van der Waals surface area contributed by atoms with Crippen LogP contribution in [0.5, 0.6) is 0 Å². The van der Waals surface area contributed by atoms with Gasteiger partial charge < -0.3 is 9.64 Å². The maximum absolute atomic E-state index is 12.5. The lowest BCUT2D eigenvalue weighted by Crippen LogP contribution is -2.35. The van der Waals surface area contributed by atoms with E-state index in [9.17, 15) is 13.2 Å². The minimum absolute atomic E-state index is 0.146. The van der Waals surface area contributed by atoms with E-state index in [1.165, 1.54) is 36.4 Å². The second-order valence-corrected chi connectivity index (χ2v) is 10.8. The van der Waals surface area contributed by atoms with Crippen molar-refractivity contribution in [2.24, 2.45) is 5.10 Å². The molecule has 0 radical (unpaired) electrons. The summed E-state index contributed by atoms with van der Waals surface area (Å²) in [4.78, 5) is 15.7. The van der Waals surface area contributed by atoms with Crippen molar-refractivity contribution < 1.29 is 17.9 Å². The van der Waals surface area contributed by atoms with Crippen LogP contribution in [0.3, 0.4) is 0 Å². The Balaban J connectivity index is 1.33. The molecule has 3 aromatic rings. The Labute approximate surface area is 204 Å². The molecule has 2 N–H and O–H groups in total. The fourth-order valence-electron chi connectivity index (χ4n) is 3.10. The lowest BCUT2D eigenvalue weighted by atomic mass is 10.2. The summed E-state index contributed by atoms with van der Waals surface area (Å²) in [6, 6.07) is 16.4. The van der Waals surface area contributed by atoms with Crippen molar-refractivity contribution in [3.05, 3.63) is 75.6 Å². The van der Waals surface area contributed by atoms with Crippen molar-refractivity contribution in [2.75, 3.05) is 35.9 Å². The first-order chi connectivity index (χ1) is 15.9. The van der Waals surface area contributed by atoms with E-state index >= 15 is 0 Å². The van der Waals surface area contributed by atoms with Crippen molar-refractivity contribution in [3.63, 3.8) is 0 Å². The summed E-state index contributed by atoms with van der Waals surface area (Å²) < 4.78 is 33.6. The van der Waals surface area contributed by atoms with Crippen LogP contribution in [-0.2, 0) is 14.8 Å². The van der Waals surface area contributed by atoms with Crippen LogP contribution in [0.2, 0.25) is 0 Å². The Morgan fingerprint density at radius 3 is 2.42 bits per heavy atom. The van der Waals surface area contributed by atoms with Crippen molar-refractivity contribution in [3.8, 4) is 0 Å². The van der Waals surface area contributed by atoms with Gasteiger partial charge in [0.2, 0.25) is 0 Å². The van der Waals surface area contributed by atoms with Gasteiger partial charge in [0, 0.05) is 33.7 Å². The zero-order valence-electron chi connectivity index (χ0n) is 17.4. The SMILES string of the molecule is O=C(N/N=C\c1ccc(N2CCOCC2)s1)c1ccc(NS(=O)(=O)c2ccc(Br)cc2)cc1. The molecule has 11 heteroatoms. The molecule has 33 heavy (non-hydrogen) atoms. The average Bonchev–Trinajstić information content (AvgIpc) is 3.29. The summed E-state index contributed by atoms with van der Waals surface area (Å²) in [7, 11) is -3.72. The first kappa shape index (κ1) is 23.4. The number of sulfonamides is 1. The highest BCUT2D eigenvalue weighted by atomic mass is 79.9. The Morgan fingerprint density at radius 1 is 1.03 bits per heavy atom. The number of morpholine rings is 1. The van der Waals surface area contributed by atoms with Gasteiger partial charge >= 0.3 is 0 Å². The molecule has 1 saturated heterocycles. The molecule has 1 amide bonds. The fourth-order valence-corrected chi connectivity index (χ4v) is 5.36. The van der Waals surface area contributed by atoms with E-state index in [0.29, 0.717) is 11.3 Å². The van der Waals surface area contributed by atoms with Gasteiger partial charge in [0.15, 0.2) is 0 Å². The Bertz CT molecular complexity index is 1240. The van der Waals surface area contributed by atoms with Crippen molar-refractivity contribution in [2.45, 2.75) is 4.90 Å². The van der Waals surface area contributed by atoms with E-state index < -0.39 is 15.9 Å². The zero-order chi connectivity index (χ0) is 23.3. The third-order valence-electron chi connectivity index (χ3n) is 4.82. The number of rotatable bonds is 7. The summed E-state index contributed by atoms with van der Waals surface area (Å²) in [6.45, 7) is 3.18. The highest BCUT2D eigenvalue weighted by molar-refractivity contribution is 9.10. The van der Waals surface area contributed by atoms with Gasteiger partial charge in [0.25, 0.3) is 15.9 Å². The summed E-state index contributed by atoms with van der Waals surface area (Å²) in [5.74, 6) is -0.390. The normalized spacial score (nSPS) is 14.4. The van der Waals surface area contributed by atoms with Crippen LogP contribution in [-0.4, -0.2) is 46.8 Å². The van der Waals surface area contributed by atoms with Gasteiger partial charge in [-0.1, -0.05) is 15.9 Å². The number of amides is 1. The van der Waals surface area contributed by atoms with Gasteiger partial charge in [0.05, 0.1) is 29.3 Å². The molecular weight excluding hydrogens is 528 g/mol. The number of benzene rings is 2. The number of hydrogen-bond donors (Lipinski definition) is 2. The molecule has 4 rings (SSSR count). The number of hydrogen-bond acceptors (Lipinski definition) is 7. The molecule has 172 valence electrons. The third-order valence-corrected chi connectivity index (χ3v) is 7.82. The second kappa shape index (κ2) is 10.5. The van der Waals surface area contributed by atoms with Gasteiger partial charge in [0.1, 0.15) is 0 Å². The lowest BCUT2D eigenvalue weighted by Gasteiger charge is -2.27. The van der Waals surface area contributed by atoms with Crippen molar-refractivity contribution >= 4 is 60.1 Å². The molecule has 2 heterocycles. The van der Waals surface area contributed by atoms with Gasteiger partial charge in [-0.15, -0.1) is 11.3 Å². The fraction of sp³-hybridized carbons (Fsp3) is 0.182. The maximum atomic E-state index is 12.5. The number of anilines is 2. The van der Waals surface area contributed by atoms with E-state index in [1.807, 2.05) is 12.1 Å². The largest absolute Gasteiger partial charge is 0.378 e. The van der Waals surface area contributed by atoms with Gasteiger partial charge in [-0.25, -0.2) is 13.8 Å². The van der Waals surface area contributed by atoms with Crippen LogP contribution in [0, 0.1) is 0 Å². The molecule has 1 aliphatic heterocycles. The van der Waals surface area contributed by atoms with E-state index in [-0.39, 0.29) is 4.90 Å². The first-order valence-electron chi connectivity index (χ1n) is 10.1. The molecule has 1 aliphatic rings. The molecule has 2 aromatic carbocycles. The number of nitrogens with zero attached hydrogens (tertiary/aromatic N) is 2. The molecule has 1 fully saturated rings. The molecule has 0 unspecified atom stereocenters. The Hall–Kier alpha value is -2.73. The molecule has 0 bridgehead atoms. The highest BCUT2D eigenvalue weighted by Gasteiger charge is 2.15. The minimum atomic E-state index is -3.72. The molecule has 0 aliphatic carbocycles. The predicted molar refractivity (Wildman–Crippen MR) is 134 cm³/mol. The van der Waals surface area contributed by atoms with E-state index in [1.54, 1.807) is 29.7 Å². The Kier molecular flexibility index (Phi) is 7.43. The number of carbonyl (C=O) groups excluding carboxylic acids is 1. The standard InChI is InChI=1S/C22H21BrN4O4S2/c23-17-3-8-20(9-4-17)33(29,30)26-18-5-1-16(2-6-18)22(28)25-24-15-19-7-10-21(32-19)27-11-13-31-14-12-27/h1-10,15,26H,11-14H2,(H,25,28)/b24-15-. The van der Waals surface area contributed by atoms with Crippen LogP contribution in [0.1, 0.15) is 15.2 Å². The van der Waals surface area contributed by atoms with Crippen LogP contribution >= 0.6 is 27.3 Å². The smallest absolute Gasteiger partial charge is 0.271 e. The van der Waals surface area contributed by atoms with E-state index in [4.69, 9.17) is 4.74 Å². The minimum Gasteiger partial charge on any atom is -0.378 e. The first-order valence-corrected chi connectivity index (χ1v) is 13.1. The third kappa shape index (κ3) is 6.20. The number of halogens is 1. The van der Waals surface area contributed by atoms with E-state index in [0.717, 1.165) is 40.7 Å². The van der Waals surface area contributed by atoms with Gasteiger partial charge in [-0.3, -0.25) is 9.52 Å². The number of thiophene rings is 1. The summed E-state index contributed by atoms with van der Waals surface area (Å²) in [5.41, 5.74) is 3.21. The van der Waals surface area contributed by atoms with Crippen LogP contribution in [0.25, 0.3) is 0 Å². The average molecular weight is 549 g/mol. The van der Waals surface area contributed by atoms with Crippen molar-refractivity contribution in [1.82, 2.24) is 5.43 Å². The molecule has 0 saturated carbocycles. The monoisotopic (exact) mass is 548 g/mol. The second-order valence-electron chi connectivity index (χ2n) is 7.11. The maximum Gasteiger partial charge on any atom is 0.271 e. The Morgan fingerprint density at radius 2 is 1.73 bits per heavy atom. The molecule has 1 aromatic heterocycles. The summed E-state index contributed by atoms with van der Waals surface area (Å²) in [5, 5.41) is 5.18. The number of nitrogens with one attached hydrogen (secondary N) is 2. The van der Waals surface area contributed by atoms with E-state index in [2.05, 4.69) is 36.1 Å². The molecular formula is C22H21BrN4O4S2. The van der Waals surface area contributed by atoms with Gasteiger partial charge in [-0.2, -0.15) is 5.10 Å².